The molecule has 3 rings (SSSR count). The van der Waals surface area contributed by atoms with Gasteiger partial charge in [0.15, 0.2) is 5.16 Å². The molecule has 0 aliphatic carbocycles. The van der Waals surface area contributed by atoms with Crippen LogP contribution in [0.3, 0.4) is 0 Å². The third-order valence-corrected chi connectivity index (χ3v) is 4.86. The highest BCUT2D eigenvalue weighted by Crippen LogP contribution is 2.21. The van der Waals surface area contributed by atoms with Crippen LogP contribution in [0, 0.1) is 6.92 Å². The van der Waals surface area contributed by atoms with Crippen LogP contribution in [0.5, 0.6) is 0 Å². The van der Waals surface area contributed by atoms with E-state index in [-0.39, 0.29) is 11.7 Å². The van der Waals surface area contributed by atoms with Crippen molar-refractivity contribution >= 4 is 23.4 Å². The van der Waals surface area contributed by atoms with Crippen molar-refractivity contribution in [3.05, 3.63) is 66.0 Å². The molecule has 0 fully saturated rings. The maximum atomic E-state index is 12.4. The molecule has 3 aromatic rings. The Labute approximate surface area is 163 Å². The van der Waals surface area contributed by atoms with Crippen LogP contribution in [0.4, 0.5) is 5.69 Å². The van der Waals surface area contributed by atoms with E-state index in [4.69, 9.17) is 4.74 Å². The van der Waals surface area contributed by atoms with E-state index in [0.29, 0.717) is 18.4 Å². The van der Waals surface area contributed by atoms with Crippen molar-refractivity contribution in [3.8, 4) is 5.69 Å². The summed E-state index contributed by atoms with van der Waals surface area (Å²) in [7, 11) is 0. The van der Waals surface area contributed by atoms with Crippen LogP contribution in [0.15, 0.2) is 60.0 Å². The fraction of sp³-hybridized carbons (Fsp3) is 0.250. The van der Waals surface area contributed by atoms with Gasteiger partial charge in [-0.1, -0.05) is 47.7 Å². The molecule has 0 unspecified atom stereocenters. The number of nitrogens with zero attached hydrogens (tertiary/aromatic N) is 3. The van der Waals surface area contributed by atoms with Gasteiger partial charge in [0.1, 0.15) is 6.33 Å². The van der Waals surface area contributed by atoms with Gasteiger partial charge < -0.3 is 10.1 Å². The van der Waals surface area contributed by atoms with Crippen LogP contribution in [0.25, 0.3) is 5.69 Å². The number of hydrogen-bond acceptors (Lipinski definition) is 5. The number of benzene rings is 2. The van der Waals surface area contributed by atoms with Crippen LogP contribution < -0.4 is 5.32 Å². The maximum absolute atomic E-state index is 12.4. The van der Waals surface area contributed by atoms with E-state index in [1.807, 2.05) is 66.9 Å². The molecule has 2 aromatic carbocycles. The zero-order chi connectivity index (χ0) is 19.1. The third-order valence-electron chi connectivity index (χ3n) is 3.91. The average molecular weight is 382 g/mol. The molecule has 0 radical (unpaired) electrons. The summed E-state index contributed by atoms with van der Waals surface area (Å²) in [5, 5.41) is 11.7. The van der Waals surface area contributed by atoms with E-state index in [1.54, 1.807) is 6.33 Å². The molecule has 0 spiro atoms. The van der Waals surface area contributed by atoms with E-state index in [9.17, 15) is 4.79 Å². The lowest BCUT2D eigenvalue weighted by Crippen LogP contribution is -2.16. The normalized spacial score (nSPS) is 10.7. The fourth-order valence-corrected chi connectivity index (χ4v) is 3.23. The Kier molecular flexibility index (Phi) is 6.62. The second-order valence-electron chi connectivity index (χ2n) is 5.95. The monoisotopic (exact) mass is 382 g/mol. The molecule has 0 aliphatic rings. The molecule has 1 heterocycles. The first kappa shape index (κ1) is 19.1. The van der Waals surface area contributed by atoms with Gasteiger partial charge in [-0.05, 0) is 32.0 Å². The maximum Gasteiger partial charge on any atom is 0.234 e. The lowest BCUT2D eigenvalue weighted by molar-refractivity contribution is -0.113. The molecule has 0 bridgehead atoms. The molecule has 0 saturated carbocycles. The number of aryl methyl sites for hydroxylation is 1. The van der Waals surface area contributed by atoms with Crippen molar-refractivity contribution < 1.29 is 9.53 Å². The Morgan fingerprint density at radius 1 is 1.19 bits per heavy atom. The standard InChI is InChI=1S/C20H22N4O2S/c1-3-26-12-16-6-4-5-7-18(16)22-19(25)13-27-20-23-21-14-24(20)17-10-8-15(2)9-11-17/h4-11,14H,3,12-13H2,1-2H3,(H,22,25). The van der Waals surface area contributed by atoms with E-state index in [1.165, 1.54) is 17.3 Å². The Balaban J connectivity index is 1.62. The number of carbonyl (C=O) groups is 1. The molecule has 1 amide bonds. The van der Waals surface area contributed by atoms with Gasteiger partial charge in [-0.3, -0.25) is 9.36 Å². The van der Waals surface area contributed by atoms with Gasteiger partial charge in [0.25, 0.3) is 0 Å². The lowest BCUT2D eigenvalue weighted by atomic mass is 10.2. The summed E-state index contributed by atoms with van der Waals surface area (Å²) in [5.41, 5.74) is 3.89. The molecule has 6 nitrogen and oxygen atoms in total. The minimum Gasteiger partial charge on any atom is -0.377 e. The van der Waals surface area contributed by atoms with Gasteiger partial charge in [-0.15, -0.1) is 10.2 Å². The summed E-state index contributed by atoms with van der Waals surface area (Å²) in [5.74, 6) is 0.149. The Bertz CT molecular complexity index is 893. The van der Waals surface area contributed by atoms with E-state index >= 15 is 0 Å². The first-order valence-corrected chi connectivity index (χ1v) is 9.71. The predicted molar refractivity (Wildman–Crippen MR) is 107 cm³/mol. The SMILES string of the molecule is CCOCc1ccccc1NC(=O)CSc1nncn1-c1ccc(C)cc1. The van der Waals surface area contributed by atoms with Crippen molar-refractivity contribution in [2.45, 2.75) is 25.6 Å². The molecule has 0 atom stereocenters. The molecule has 1 N–H and O–H groups in total. The lowest BCUT2D eigenvalue weighted by Gasteiger charge is -2.11. The Morgan fingerprint density at radius 3 is 2.74 bits per heavy atom. The van der Waals surface area contributed by atoms with Gasteiger partial charge in [-0.2, -0.15) is 0 Å². The number of anilines is 1. The van der Waals surface area contributed by atoms with Crippen molar-refractivity contribution in [1.82, 2.24) is 14.8 Å². The molecule has 0 aliphatic heterocycles. The van der Waals surface area contributed by atoms with Gasteiger partial charge in [0.2, 0.25) is 5.91 Å². The van der Waals surface area contributed by atoms with E-state index < -0.39 is 0 Å². The van der Waals surface area contributed by atoms with Crippen LogP contribution in [-0.2, 0) is 16.1 Å². The van der Waals surface area contributed by atoms with Crippen LogP contribution in [0.1, 0.15) is 18.1 Å². The highest BCUT2D eigenvalue weighted by molar-refractivity contribution is 7.99. The number of aromatic nitrogens is 3. The fourth-order valence-electron chi connectivity index (χ4n) is 2.50. The molecular formula is C20H22N4O2S. The summed E-state index contributed by atoms with van der Waals surface area (Å²) >= 11 is 1.35. The highest BCUT2D eigenvalue weighted by Gasteiger charge is 2.11. The molecule has 27 heavy (non-hydrogen) atoms. The quantitative estimate of drug-likeness (QED) is 0.600. The second kappa shape index (κ2) is 9.34. The first-order valence-electron chi connectivity index (χ1n) is 8.72. The number of ether oxygens (including phenoxy) is 1. The summed E-state index contributed by atoms with van der Waals surface area (Å²) in [6.45, 7) is 5.09. The molecular weight excluding hydrogens is 360 g/mol. The average Bonchev–Trinajstić information content (AvgIpc) is 3.15. The van der Waals surface area contributed by atoms with Crippen molar-refractivity contribution in [3.63, 3.8) is 0 Å². The van der Waals surface area contributed by atoms with Gasteiger partial charge >= 0.3 is 0 Å². The van der Waals surface area contributed by atoms with E-state index in [2.05, 4.69) is 15.5 Å². The number of thioether (sulfide) groups is 1. The minimum atomic E-state index is -0.0950. The second-order valence-corrected chi connectivity index (χ2v) is 6.89. The molecule has 1 aromatic heterocycles. The summed E-state index contributed by atoms with van der Waals surface area (Å²) in [6, 6.07) is 15.7. The predicted octanol–water partition coefficient (Wildman–Crippen LogP) is 3.84. The number of rotatable bonds is 8. The summed E-state index contributed by atoms with van der Waals surface area (Å²) < 4.78 is 7.33. The number of hydrogen-bond donors (Lipinski definition) is 1. The summed E-state index contributed by atoms with van der Waals surface area (Å²) in [4.78, 5) is 12.4. The van der Waals surface area contributed by atoms with Crippen molar-refractivity contribution in [1.29, 1.82) is 0 Å². The summed E-state index contributed by atoms with van der Waals surface area (Å²) in [6.07, 6.45) is 1.66. The molecule has 7 heteroatoms. The van der Waals surface area contributed by atoms with E-state index in [0.717, 1.165) is 16.9 Å². The number of amides is 1. The van der Waals surface area contributed by atoms with Gasteiger partial charge in [0, 0.05) is 23.5 Å². The number of para-hydroxylation sites is 1. The third kappa shape index (κ3) is 5.18. The van der Waals surface area contributed by atoms with Gasteiger partial charge in [-0.25, -0.2) is 0 Å². The molecule has 0 saturated heterocycles. The molecule has 140 valence electrons. The number of nitrogens with one attached hydrogen (secondary N) is 1. The van der Waals surface area contributed by atoms with Gasteiger partial charge in [0.05, 0.1) is 12.4 Å². The number of carbonyl (C=O) groups excluding carboxylic acids is 1. The minimum absolute atomic E-state index is 0.0950. The topological polar surface area (TPSA) is 69.0 Å². The van der Waals surface area contributed by atoms with Crippen LogP contribution >= 0.6 is 11.8 Å². The van der Waals surface area contributed by atoms with Crippen LogP contribution in [-0.4, -0.2) is 33.0 Å². The van der Waals surface area contributed by atoms with Crippen molar-refractivity contribution in [2.24, 2.45) is 0 Å². The smallest absolute Gasteiger partial charge is 0.234 e. The largest absolute Gasteiger partial charge is 0.377 e. The zero-order valence-electron chi connectivity index (χ0n) is 15.4. The van der Waals surface area contributed by atoms with Crippen molar-refractivity contribution in [2.75, 3.05) is 17.7 Å². The Morgan fingerprint density at radius 2 is 1.96 bits per heavy atom. The zero-order valence-corrected chi connectivity index (χ0v) is 16.2. The highest BCUT2D eigenvalue weighted by atomic mass is 32.2. The Hall–Kier alpha value is -2.64. The van der Waals surface area contributed by atoms with Crippen LogP contribution in [0.2, 0.25) is 0 Å². The first-order chi connectivity index (χ1) is 13.2.